The summed E-state index contributed by atoms with van der Waals surface area (Å²) < 4.78 is 0. The quantitative estimate of drug-likeness (QED) is 0.603. The highest BCUT2D eigenvalue weighted by atomic mass is 16.6. The molecule has 1 aromatic carbocycles. The van der Waals surface area contributed by atoms with Crippen molar-refractivity contribution >= 4 is 5.78 Å². The van der Waals surface area contributed by atoms with E-state index in [1.54, 1.807) is 30.3 Å². The lowest BCUT2D eigenvalue weighted by Crippen LogP contribution is -2.29. The molecule has 0 bridgehead atoms. The molecule has 0 aliphatic rings. The second-order valence-electron chi connectivity index (χ2n) is 3.61. The van der Waals surface area contributed by atoms with Gasteiger partial charge in [-0.2, -0.15) is 0 Å². The van der Waals surface area contributed by atoms with Crippen molar-refractivity contribution in [2.45, 2.75) is 25.5 Å². The molecule has 0 saturated heterocycles. The number of carbonyl (C=O) groups excluding carboxylic acids is 1. The standard InChI is InChI=1S/C11H13NO4/c1-8(13)7-10(12(15)16)11(14)9-5-3-2-4-6-9/h2-6,10-11,14H,7H2,1H3. The molecule has 5 heteroatoms. The molecule has 2 atom stereocenters. The van der Waals surface area contributed by atoms with E-state index in [-0.39, 0.29) is 12.2 Å². The highest BCUT2D eigenvalue weighted by Gasteiger charge is 2.32. The number of aliphatic hydroxyl groups excluding tert-OH is 1. The molecule has 16 heavy (non-hydrogen) atoms. The zero-order chi connectivity index (χ0) is 12.1. The molecule has 0 aliphatic heterocycles. The summed E-state index contributed by atoms with van der Waals surface area (Å²) >= 11 is 0. The number of nitrogens with zero attached hydrogens (tertiary/aromatic N) is 1. The number of aliphatic hydroxyl groups is 1. The van der Waals surface area contributed by atoms with Crippen molar-refractivity contribution in [2.75, 3.05) is 0 Å². The monoisotopic (exact) mass is 223 g/mol. The number of carbonyl (C=O) groups is 1. The number of hydrogen-bond donors (Lipinski definition) is 1. The molecule has 0 aliphatic carbocycles. The molecule has 1 aromatic rings. The van der Waals surface area contributed by atoms with Crippen molar-refractivity contribution in [3.05, 3.63) is 46.0 Å². The Bertz CT molecular complexity index is 377. The third-order valence-corrected chi connectivity index (χ3v) is 2.27. The first-order chi connectivity index (χ1) is 7.52. The van der Waals surface area contributed by atoms with E-state index in [1.807, 2.05) is 0 Å². The number of hydrogen-bond acceptors (Lipinski definition) is 4. The first-order valence-corrected chi connectivity index (χ1v) is 4.88. The second kappa shape index (κ2) is 5.37. The van der Waals surface area contributed by atoms with Crippen LogP contribution in [-0.4, -0.2) is 21.9 Å². The third-order valence-electron chi connectivity index (χ3n) is 2.27. The molecule has 0 radical (unpaired) electrons. The minimum Gasteiger partial charge on any atom is -0.381 e. The zero-order valence-electron chi connectivity index (χ0n) is 8.87. The van der Waals surface area contributed by atoms with Crippen LogP contribution in [0.15, 0.2) is 30.3 Å². The van der Waals surface area contributed by atoms with Crippen LogP contribution in [0.4, 0.5) is 0 Å². The number of ketones is 1. The lowest BCUT2D eigenvalue weighted by Gasteiger charge is -2.15. The van der Waals surface area contributed by atoms with Gasteiger partial charge in [-0.25, -0.2) is 0 Å². The van der Waals surface area contributed by atoms with Crippen molar-refractivity contribution in [2.24, 2.45) is 0 Å². The van der Waals surface area contributed by atoms with E-state index < -0.39 is 17.1 Å². The third kappa shape index (κ3) is 3.13. The Kier molecular flexibility index (Phi) is 4.13. The molecule has 0 fully saturated rings. The van der Waals surface area contributed by atoms with Gasteiger partial charge >= 0.3 is 0 Å². The van der Waals surface area contributed by atoms with Gasteiger partial charge in [-0.3, -0.25) is 14.9 Å². The summed E-state index contributed by atoms with van der Waals surface area (Å²) in [6.07, 6.45) is -1.51. The topological polar surface area (TPSA) is 80.4 Å². The fourth-order valence-corrected chi connectivity index (χ4v) is 1.47. The predicted molar refractivity (Wildman–Crippen MR) is 57.5 cm³/mol. The highest BCUT2D eigenvalue weighted by Crippen LogP contribution is 2.20. The molecule has 0 heterocycles. The summed E-state index contributed by atoms with van der Waals surface area (Å²) in [4.78, 5) is 21.0. The Hall–Kier alpha value is -1.75. The van der Waals surface area contributed by atoms with Gasteiger partial charge in [-0.05, 0) is 12.5 Å². The van der Waals surface area contributed by atoms with E-state index in [2.05, 4.69) is 0 Å². The molecule has 2 unspecified atom stereocenters. The highest BCUT2D eigenvalue weighted by molar-refractivity contribution is 5.76. The van der Waals surface area contributed by atoms with Crippen LogP contribution in [0.1, 0.15) is 25.0 Å². The fourth-order valence-electron chi connectivity index (χ4n) is 1.47. The van der Waals surface area contributed by atoms with E-state index in [9.17, 15) is 20.0 Å². The Morgan fingerprint density at radius 1 is 1.44 bits per heavy atom. The second-order valence-corrected chi connectivity index (χ2v) is 3.61. The van der Waals surface area contributed by atoms with Gasteiger partial charge in [0.1, 0.15) is 11.9 Å². The lowest BCUT2D eigenvalue weighted by molar-refractivity contribution is -0.534. The van der Waals surface area contributed by atoms with Gasteiger partial charge in [0.15, 0.2) is 0 Å². The average molecular weight is 223 g/mol. The molecular formula is C11H13NO4. The molecule has 0 saturated carbocycles. The summed E-state index contributed by atoms with van der Waals surface area (Å²) in [6, 6.07) is 7.04. The van der Waals surface area contributed by atoms with Crippen LogP contribution in [-0.2, 0) is 4.79 Å². The predicted octanol–water partition coefficient (Wildman–Crippen LogP) is 1.34. The first kappa shape index (κ1) is 12.3. The van der Waals surface area contributed by atoms with E-state index in [4.69, 9.17) is 0 Å². The van der Waals surface area contributed by atoms with E-state index >= 15 is 0 Å². The zero-order valence-corrected chi connectivity index (χ0v) is 8.87. The fraction of sp³-hybridized carbons (Fsp3) is 0.364. The van der Waals surface area contributed by atoms with Gasteiger partial charge < -0.3 is 5.11 Å². The van der Waals surface area contributed by atoms with Crippen molar-refractivity contribution in [1.82, 2.24) is 0 Å². The maximum atomic E-state index is 10.9. The smallest absolute Gasteiger partial charge is 0.249 e. The average Bonchev–Trinajstić information content (AvgIpc) is 2.25. The first-order valence-electron chi connectivity index (χ1n) is 4.88. The maximum absolute atomic E-state index is 10.9. The van der Waals surface area contributed by atoms with Crippen molar-refractivity contribution in [1.29, 1.82) is 0 Å². The Morgan fingerprint density at radius 3 is 2.44 bits per heavy atom. The molecule has 1 N–H and O–H groups in total. The van der Waals surface area contributed by atoms with Crippen LogP contribution >= 0.6 is 0 Å². The Morgan fingerprint density at radius 2 is 2.00 bits per heavy atom. The minimum atomic E-state index is -1.28. The van der Waals surface area contributed by atoms with Gasteiger partial charge in [-0.1, -0.05) is 30.3 Å². The van der Waals surface area contributed by atoms with Gasteiger partial charge in [0, 0.05) is 4.92 Å². The van der Waals surface area contributed by atoms with E-state index in [0.717, 1.165) is 0 Å². The van der Waals surface area contributed by atoms with Gasteiger partial charge in [0.25, 0.3) is 0 Å². The molecular weight excluding hydrogens is 210 g/mol. The number of benzene rings is 1. The van der Waals surface area contributed by atoms with Gasteiger partial charge in [0.05, 0.1) is 6.42 Å². The maximum Gasteiger partial charge on any atom is 0.249 e. The number of rotatable bonds is 5. The molecule has 5 nitrogen and oxygen atoms in total. The van der Waals surface area contributed by atoms with Crippen molar-refractivity contribution in [3.63, 3.8) is 0 Å². The van der Waals surface area contributed by atoms with Crippen LogP contribution in [0.2, 0.25) is 0 Å². The minimum absolute atomic E-state index is 0.261. The van der Waals surface area contributed by atoms with Gasteiger partial charge in [-0.15, -0.1) is 0 Å². The summed E-state index contributed by atoms with van der Waals surface area (Å²) in [5, 5.41) is 20.5. The van der Waals surface area contributed by atoms with E-state index in [0.29, 0.717) is 5.56 Å². The van der Waals surface area contributed by atoms with Crippen LogP contribution < -0.4 is 0 Å². The summed E-state index contributed by atoms with van der Waals surface area (Å²) in [5.41, 5.74) is 0.449. The largest absolute Gasteiger partial charge is 0.381 e. The van der Waals surface area contributed by atoms with Crippen LogP contribution in [0, 0.1) is 10.1 Å². The van der Waals surface area contributed by atoms with Crippen molar-refractivity contribution in [3.8, 4) is 0 Å². The Labute approximate surface area is 92.9 Å². The van der Waals surface area contributed by atoms with Crippen LogP contribution in [0.5, 0.6) is 0 Å². The molecule has 0 spiro atoms. The lowest BCUT2D eigenvalue weighted by atomic mass is 9.99. The van der Waals surface area contributed by atoms with Gasteiger partial charge in [0.2, 0.25) is 6.04 Å². The van der Waals surface area contributed by atoms with Crippen LogP contribution in [0.3, 0.4) is 0 Å². The Balaban J connectivity index is 2.87. The molecule has 86 valence electrons. The number of nitro groups is 1. The molecule has 1 rings (SSSR count). The molecule has 0 amide bonds. The normalized spacial score (nSPS) is 14.1. The SMILES string of the molecule is CC(=O)CC(C(O)c1ccccc1)[N+](=O)[O-]. The number of Topliss-reactive ketones (excluding diaryl/α,β-unsaturated/α-hetero) is 1. The molecule has 0 aromatic heterocycles. The van der Waals surface area contributed by atoms with Crippen molar-refractivity contribution < 1.29 is 14.8 Å². The van der Waals surface area contributed by atoms with E-state index in [1.165, 1.54) is 6.92 Å². The summed E-state index contributed by atoms with van der Waals surface area (Å²) in [6.45, 7) is 1.27. The summed E-state index contributed by atoms with van der Waals surface area (Å²) in [5.74, 6) is -0.309. The summed E-state index contributed by atoms with van der Waals surface area (Å²) in [7, 11) is 0. The van der Waals surface area contributed by atoms with Crippen LogP contribution in [0.25, 0.3) is 0 Å².